The van der Waals surface area contributed by atoms with E-state index in [1.165, 1.54) is 0 Å². The van der Waals surface area contributed by atoms with Crippen molar-refractivity contribution in [2.75, 3.05) is 0 Å². The highest BCUT2D eigenvalue weighted by molar-refractivity contribution is 14.1. The molecule has 3 nitrogen and oxygen atoms in total. The van der Waals surface area contributed by atoms with E-state index < -0.39 is 5.79 Å². The molecular formula is C13H21FIN3. The van der Waals surface area contributed by atoms with E-state index in [9.17, 15) is 0 Å². The predicted molar refractivity (Wildman–Crippen MR) is 79.7 cm³/mol. The molecule has 5 heteroatoms. The molecule has 1 aliphatic heterocycles. The molecule has 0 saturated heterocycles. The molecule has 0 radical (unpaired) electrons. The topological polar surface area (TPSA) is 21.1 Å². The van der Waals surface area contributed by atoms with Crippen LogP contribution < -0.4 is 0 Å². The average Bonchev–Trinajstić information content (AvgIpc) is 2.50. The summed E-state index contributed by atoms with van der Waals surface area (Å²) in [5.74, 6) is -0.554. The standard InChI is InChI=1S/C13H21FIN3/c1-7(2)18-12(15)9(4)17-10(5)16-8(3)11(17)13(18,6)14/h7,9,12H,1-6H3. The van der Waals surface area contributed by atoms with Crippen LogP contribution in [-0.4, -0.2) is 24.5 Å². The normalized spacial score (nSPS) is 32.9. The lowest BCUT2D eigenvalue weighted by molar-refractivity contribution is -0.0831. The van der Waals surface area contributed by atoms with Gasteiger partial charge in [-0.2, -0.15) is 0 Å². The Bertz CT molecular complexity index is 467. The summed E-state index contributed by atoms with van der Waals surface area (Å²) in [6.45, 7) is 11.7. The number of aryl methyl sites for hydroxylation is 2. The van der Waals surface area contributed by atoms with Crippen molar-refractivity contribution < 1.29 is 4.39 Å². The van der Waals surface area contributed by atoms with Crippen LogP contribution in [0, 0.1) is 13.8 Å². The summed E-state index contributed by atoms with van der Waals surface area (Å²) in [7, 11) is 0. The second-order valence-electron chi connectivity index (χ2n) is 5.53. The molecule has 3 atom stereocenters. The number of hydrogen-bond acceptors (Lipinski definition) is 2. The summed E-state index contributed by atoms with van der Waals surface area (Å²) in [4.78, 5) is 6.41. The summed E-state index contributed by atoms with van der Waals surface area (Å²) in [6, 6.07) is 0.390. The van der Waals surface area contributed by atoms with Gasteiger partial charge in [0.2, 0.25) is 5.79 Å². The molecule has 0 aromatic carbocycles. The van der Waals surface area contributed by atoms with Crippen molar-refractivity contribution in [1.29, 1.82) is 0 Å². The largest absolute Gasteiger partial charge is 0.323 e. The molecule has 1 aromatic rings. The van der Waals surface area contributed by atoms with Crippen LogP contribution in [0.3, 0.4) is 0 Å². The third kappa shape index (κ3) is 1.81. The lowest BCUT2D eigenvalue weighted by atomic mass is 10.0. The van der Waals surface area contributed by atoms with Crippen LogP contribution in [-0.2, 0) is 5.79 Å². The third-order valence-corrected chi connectivity index (χ3v) is 5.45. The highest BCUT2D eigenvalue weighted by Gasteiger charge is 2.49. The molecule has 2 rings (SSSR count). The number of halogens is 2. The second-order valence-corrected chi connectivity index (χ2v) is 6.81. The van der Waals surface area contributed by atoms with Crippen LogP contribution in [0.2, 0.25) is 0 Å². The molecule has 1 aliphatic rings. The molecule has 0 bridgehead atoms. The van der Waals surface area contributed by atoms with E-state index in [0.717, 1.165) is 11.5 Å². The minimum absolute atomic E-state index is 0.123. The molecule has 0 N–H and O–H groups in total. The fraction of sp³-hybridized carbons (Fsp3) is 0.769. The van der Waals surface area contributed by atoms with Gasteiger partial charge in [-0.05, 0) is 41.5 Å². The molecule has 3 unspecified atom stereocenters. The van der Waals surface area contributed by atoms with E-state index in [1.54, 1.807) is 6.92 Å². The van der Waals surface area contributed by atoms with E-state index in [1.807, 2.05) is 32.6 Å². The first-order valence-electron chi connectivity index (χ1n) is 6.37. The zero-order valence-corrected chi connectivity index (χ0v) is 14.0. The van der Waals surface area contributed by atoms with Crippen LogP contribution in [0.1, 0.15) is 50.9 Å². The van der Waals surface area contributed by atoms with Gasteiger partial charge >= 0.3 is 0 Å². The van der Waals surface area contributed by atoms with Crippen molar-refractivity contribution in [3.05, 3.63) is 17.2 Å². The number of imidazole rings is 1. The molecule has 1 aromatic heterocycles. The van der Waals surface area contributed by atoms with Gasteiger partial charge in [-0.15, -0.1) is 0 Å². The van der Waals surface area contributed by atoms with Gasteiger partial charge in [-0.1, -0.05) is 22.6 Å². The summed E-state index contributed by atoms with van der Waals surface area (Å²) in [5.41, 5.74) is 1.52. The molecule has 18 heavy (non-hydrogen) atoms. The Kier molecular flexibility index (Phi) is 3.51. The Morgan fingerprint density at radius 2 is 1.94 bits per heavy atom. The molecule has 0 amide bonds. The van der Waals surface area contributed by atoms with Gasteiger partial charge in [-0.3, -0.25) is 0 Å². The quantitative estimate of drug-likeness (QED) is 0.430. The van der Waals surface area contributed by atoms with Crippen LogP contribution in [0.5, 0.6) is 0 Å². The monoisotopic (exact) mass is 365 g/mol. The van der Waals surface area contributed by atoms with Crippen molar-refractivity contribution in [2.24, 2.45) is 0 Å². The van der Waals surface area contributed by atoms with E-state index in [4.69, 9.17) is 0 Å². The predicted octanol–water partition coefficient (Wildman–Crippen LogP) is 3.69. The first-order chi connectivity index (χ1) is 8.19. The van der Waals surface area contributed by atoms with Gasteiger partial charge < -0.3 is 4.57 Å². The maximum atomic E-state index is 15.3. The molecule has 0 saturated carbocycles. The highest BCUT2D eigenvalue weighted by Crippen LogP contribution is 2.45. The number of rotatable bonds is 1. The maximum Gasteiger partial charge on any atom is 0.204 e. The number of aromatic nitrogens is 2. The lowest BCUT2D eigenvalue weighted by Gasteiger charge is -2.48. The molecule has 102 valence electrons. The molecule has 0 spiro atoms. The fourth-order valence-corrected chi connectivity index (χ4v) is 4.70. The highest BCUT2D eigenvalue weighted by atomic mass is 127. The minimum Gasteiger partial charge on any atom is -0.323 e. The SMILES string of the molecule is Cc1nc(C)n2c1C(C)(F)N(C(C)C)C(I)C2C. The van der Waals surface area contributed by atoms with Crippen LogP contribution >= 0.6 is 22.6 Å². The first-order valence-corrected chi connectivity index (χ1v) is 7.61. The van der Waals surface area contributed by atoms with Gasteiger partial charge in [0.15, 0.2) is 0 Å². The number of nitrogens with zero attached hydrogens (tertiary/aromatic N) is 3. The summed E-state index contributed by atoms with van der Waals surface area (Å²) in [5, 5.41) is 0. The van der Waals surface area contributed by atoms with Gasteiger partial charge in [0.25, 0.3) is 0 Å². The molecule has 0 aliphatic carbocycles. The van der Waals surface area contributed by atoms with Crippen molar-refractivity contribution in [3.63, 3.8) is 0 Å². The van der Waals surface area contributed by atoms with E-state index >= 15 is 4.39 Å². The van der Waals surface area contributed by atoms with Gasteiger partial charge in [0.05, 0.1) is 21.5 Å². The fourth-order valence-electron chi connectivity index (χ4n) is 3.21. The van der Waals surface area contributed by atoms with Gasteiger partial charge in [0, 0.05) is 6.04 Å². The second kappa shape index (κ2) is 4.44. The molecular weight excluding hydrogens is 344 g/mol. The molecule has 2 heterocycles. The Morgan fingerprint density at radius 3 is 2.44 bits per heavy atom. The smallest absolute Gasteiger partial charge is 0.204 e. The summed E-state index contributed by atoms with van der Waals surface area (Å²) < 4.78 is 17.5. The number of hydrogen-bond donors (Lipinski definition) is 0. The van der Waals surface area contributed by atoms with Crippen molar-refractivity contribution >= 4 is 22.6 Å². The number of fused-ring (bicyclic) bond motifs is 1. The Labute approximate surface area is 122 Å². The maximum absolute atomic E-state index is 15.3. The minimum atomic E-state index is -1.46. The number of alkyl halides is 2. The molecule has 0 fully saturated rings. The van der Waals surface area contributed by atoms with Crippen molar-refractivity contribution in [3.8, 4) is 0 Å². The summed E-state index contributed by atoms with van der Waals surface area (Å²) in [6.07, 6.45) is 0. The zero-order chi connectivity index (χ0) is 13.8. The van der Waals surface area contributed by atoms with Gasteiger partial charge in [0.1, 0.15) is 5.82 Å². The lowest BCUT2D eigenvalue weighted by Crippen LogP contribution is -2.56. The zero-order valence-electron chi connectivity index (χ0n) is 11.8. The Balaban J connectivity index is 2.68. The van der Waals surface area contributed by atoms with Gasteiger partial charge in [-0.25, -0.2) is 14.3 Å². The Hall–Kier alpha value is -0.170. The van der Waals surface area contributed by atoms with Crippen molar-refractivity contribution in [2.45, 2.75) is 63.5 Å². The average molecular weight is 365 g/mol. The van der Waals surface area contributed by atoms with Crippen LogP contribution in [0.4, 0.5) is 4.39 Å². The third-order valence-electron chi connectivity index (χ3n) is 3.81. The van der Waals surface area contributed by atoms with E-state index in [-0.39, 0.29) is 16.1 Å². The van der Waals surface area contributed by atoms with E-state index in [2.05, 4.69) is 39.1 Å². The van der Waals surface area contributed by atoms with E-state index in [0.29, 0.717) is 5.69 Å². The Morgan fingerprint density at radius 1 is 1.39 bits per heavy atom. The van der Waals surface area contributed by atoms with Crippen LogP contribution in [0.15, 0.2) is 0 Å². The first kappa shape index (κ1) is 14.2. The van der Waals surface area contributed by atoms with Crippen LogP contribution in [0.25, 0.3) is 0 Å². The van der Waals surface area contributed by atoms with Crippen molar-refractivity contribution in [1.82, 2.24) is 14.5 Å². The summed E-state index contributed by atoms with van der Waals surface area (Å²) >= 11 is 2.35.